The number of rotatable bonds is 0. The van der Waals surface area contributed by atoms with Crippen molar-refractivity contribution >= 4 is 5.97 Å². The van der Waals surface area contributed by atoms with Gasteiger partial charge in [-0.1, -0.05) is 13.0 Å². The third-order valence-electron chi connectivity index (χ3n) is 5.95. The van der Waals surface area contributed by atoms with Crippen LogP contribution in [0.2, 0.25) is 0 Å². The Morgan fingerprint density at radius 1 is 1.39 bits per heavy atom. The zero-order valence-electron chi connectivity index (χ0n) is 11.2. The highest BCUT2D eigenvalue weighted by molar-refractivity contribution is 5.75. The molecule has 5 aliphatic rings. The number of esters is 1. The number of allylic oxidation sites excluding steroid dienone is 1. The molecule has 1 spiro atoms. The van der Waals surface area contributed by atoms with Gasteiger partial charge in [0.15, 0.2) is 0 Å². The first-order valence-electron chi connectivity index (χ1n) is 7.06. The molecule has 5 rings (SSSR count). The summed E-state index contributed by atoms with van der Waals surface area (Å²) in [7, 11) is 0. The first-order valence-corrected chi connectivity index (χ1v) is 7.06. The Hall–Kier alpha value is -0.830. The predicted molar refractivity (Wildman–Crippen MR) is 65.9 cm³/mol. The van der Waals surface area contributed by atoms with Crippen LogP contribution in [0.5, 0.6) is 0 Å². The molecule has 3 heteroatoms. The lowest BCUT2D eigenvalue weighted by Gasteiger charge is -2.56. The van der Waals surface area contributed by atoms with Gasteiger partial charge in [-0.05, 0) is 38.7 Å². The van der Waals surface area contributed by atoms with E-state index in [1.165, 1.54) is 5.57 Å². The van der Waals surface area contributed by atoms with Gasteiger partial charge in [0.05, 0.1) is 23.0 Å². The predicted octanol–water partition coefficient (Wildman–Crippen LogP) is 2.45. The van der Waals surface area contributed by atoms with Gasteiger partial charge in [0.25, 0.3) is 0 Å². The fourth-order valence-electron chi connectivity index (χ4n) is 4.89. The summed E-state index contributed by atoms with van der Waals surface area (Å²) >= 11 is 0. The summed E-state index contributed by atoms with van der Waals surface area (Å²) in [6.07, 6.45) is 5.51. The van der Waals surface area contributed by atoms with E-state index in [4.69, 9.17) is 9.47 Å². The zero-order chi connectivity index (χ0) is 12.7. The molecule has 6 atom stereocenters. The number of ether oxygens (including phenoxy) is 2. The molecular weight excluding hydrogens is 228 g/mol. The highest BCUT2D eigenvalue weighted by Gasteiger charge is 2.74. The Morgan fingerprint density at radius 2 is 2.17 bits per heavy atom. The van der Waals surface area contributed by atoms with Crippen LogP contribution in [0.4, 0.5) is 0 Å². The molecular formula is C15H20O3. The number of hydrogen-bond donors (Lipinski definition) is 0. The number of fused-ring (bicyclic) bond motifs is 2. The molecule has 6 unspecified atom stereocenters. The average molecular weight is 248 g/mol. The maximum absolute atomic E-state index is 11.9. The molecule has 3 saturated heterocycles. The standard InChI is InChI=1S/C15H20O3/c1-8-4-5-10-9(2)13(16)17-11(10)12-14(3)6-7-15(8,12)18-14/h4,9-12H,5-7H2,1-3H3. The summed E-state index contributed by atoms with van der Waals surface area (Å²) in [5.74, 6) is 0.754. The monoisotopic (exact) mass is 248 g/mol. The minimum atomic E-state index is -0.113. The normalized spacial score (nSPS) is 57.1. The number of hydrogen-bond acceptors (Lipinski definition) is 3. The topological polar surface area (TPSA) is 35.5 Å². The van der Waals surface area contributed by atoms with Crippen LogP contribution in [-0.4, -0.2) is 23.3 Å². The quantitative estimate of drug-likeness (QED) is 0.488. The Balaban J connectivity index is 1.81. The molecule has 0 aromatic carbocycles. The Morgan fingerprint density at radius 3 is 2.89 bits per heavy atom. The van der Waals surface area contributed by atoms with E-state index >= 15 is 0 Å². The smallest absolute Gasteiger partial charge is 0.309 e. The van der Waals surface area contributed by atoms with Gasteiger partial charge in [-0.3, -0.25) is 4.79 Å². The van der Waals surface area contributed by atoms with Gasteiger partial charge >= 0.3 is 5.97 Å². The summed E-state index contributed by atoms with van der Waals surface area (Å²) in [4.78, 5) is 11.9. The summed E-state index contributed by atoms with van der Waals surface area (Å²) < 4.78 is 12.0. The molecule has 4 fully saturated rings. The lowest BCUT2D eigenvalue weighted by molar-refractivity contribution is -0.277. The largest absolute Gasteiger partial charge is 0.461 e. The number of carbonyl (C=O) groups is 1. The molecule has 18 heavy (non-hydrogen) atoms. The van der Waals surface area contributed by atoms with E-state index in [0.29, 0.717) is 11.8 Å². The molecule has 3 nitrogen and oxygen atoms in total. The molecule has 0 aromatic rings. The van der Waals surface area contributed by atoms with Crippen LogP contribution >= 0.6 is 0 Å². The van der Waals surface area contributed by atoms with E-state index in [2.05, 4.69) is 19.9 Å². The van der Waals surface area contributed by atoms with E-state index in [1.807, 2.05) is 6.92 Å². The van der Waals surface area contributed by atoms with Gasteiger partial charge in [0.1, 0.15) is 6.10 Å². The second-order valence-corrected chi connectivity index (χ2v) is 6.76. The molecule has 0 aromatic heterocycles. The lowest BCUT2D eigenvalue weighted by Crippen LogP contribution is -2.65. The van der Waals surface area contributed by atoms with Crippen molar-refractivity contribution in [3.8, 4) is 0 Å². The lowest BCUT2D eigenvalue weighted by atomic mass is 9.68. The molecule has 2 aliphatic carbocycles. The van der Waals surface area contributed by atoms with Gasteiger partial charge in [0.2, 0.25) is 0 Å². The van der Waals surface area contributed by atoms with Crippen molar-refractivity contribution in [2.24, 2.45) is 17.8 Å². The van der Waals surface area contributed by atoms with Crippen molar-refractivity contribution in [2.45, 2.75) is 57.3 Å². The first kappa shape index (κ1) is 11.0. The molecule has 3 aliphatic heterocycles. The maximum Gasteiger partial charge on any atom is 0.309 e. The van der Waals surface area contributed by atoms with Gasteiger partial charge < -0.3 is 9.47 Å². The van der Waals surface area contributed by atoms with Gasteiger partial charge in [0, 0.05) is 5.92 Å². The molecule has 98 valence electrons. The second-order valence-electron chi connectivity index (χ2n) is 6.76. The zero-order valence-corrected chi connectivity index (χ0v) is 11.2. The molecule has 0 amide bonds. The second kappa shape index (κ2) is 3.01. The summed E-state index contributed by atoms with van der Waals surface area (Å²) in [5.41, 5.74) is 1.19. The minimum absolute atomic E-state index is 0.0111. The van der Waals surface area contributed by atoms with E-state index in [9.17, 15) is 4.79 Å². The third-order valence-corrected chi connectivity index (χ3v) is 5.95. The van der Waals surface area contributed by atoms with Crippen LogP contribution in [-0.2, 0) is 14.3 Å². The highest BCUT2D eigenvalue weighted by atomic mass is 16.6. The minimum Gasteiger partial charge on any atom is -0.461 e. The average Bonchev–Trinajstić information content (AvgIpc) is 2.86. The first-order chi connectivity index (χ1) is 8.48. The Labute approximate surface area is 108 Å². The fraction of sp³-hybridized carbons (Fsp3) is 0.800. The van der Waals surface area contributed by atoms with Crippen molar-refractivity contribution in [1.82, 2.24) is 0 Å². The van der Waals surface area contributed by atoms with Crippen molar-refractivity contribution < 1.29 is 14.3 Å². The van der Waals surface area contributed by atoms with Crippen LogP contribution in [0.3, 0.4) is 0 Å². The van der Waals surface area contributed by atoms with Crippen LogP contribution in [0, 0.1) is 17.8 Å². The van der Waals surface area contributed by atoms with Crippen molar-refractivity contribution in [2.75, 3.05) is 0 Å². The Kier molecular flexibility index (Phi) is 1.84. The SMILES string of the molecule is CC1=CCC2C(C)C(=O)OC2C2C3(C)CCC12O3. The maximum atomic E-state index is 11.9. The van der Waals surface area contributed by atoms with E-state index in [-0.39, 0.29) is 29.2 Å². The van der Waals surface area contributed by atoms with Crippen LogP contribution in [0.25, 0.3) is 0 Å². The summed E-state index contributed by atoms with van der Waals surface area (Å²) in [6.45, 7) is 6.39. The van der Waals surface area contributed by atoms with Crippen molar-refractivity contribution in [3.63, 3.8) is 0 Å². The van der Waals surface area contributed by atoms with Gasteiger partial charge in [-0.15, -0.1) is 0 Å². The molecule has 1 saturated carbocycles. The van der Waals surface area contributed by atoms with Gasteiger partial charge in [-0.2, -0.15) is 0 Å². The van der Waals surface area contributed by atoms with Crippen LogP contribution < -0.4 is 0 Å². The van der Waals surface area contributed by atoms with E-state index in [1.54, 1.807) is 0 Å². The third kappa shape index (κ3) is 1.00. The number of carbonyl (C=O) groups excluding carboxylic acids is 1. The summed E-state index contributed by atoms with van der Waals surface area (Å²) in [5, 5.41) is 0. The van der Waals surface area contributed by atoms with Gasteiger partial charge in [-0.25, -0.2) is 0 Å². The Bertz CT molecular complexity index is 468. The molecule has 2 bridgehead atoms. The fourth-order valence-corrected chi connectivity index (χ4v) is 4.89. The van der Waals surface area contributed by atoms with Crippen molar-refractivity contribution in [1.29, 1.82) is 0 Å². The van der Waals surface area contributed by atoms with E-state index < -0.39 is 0 Å². The molecule has 3 heterocycles. The van der Waals surface area contributed by atoms with Crippen LogP contribution in [0.15, 0.2) is 11.6 Å². The highest BCUT2D eigenvalue weighted by Crippen LogP contribution is 2.67. The summed E-state index contributed by atoms with van der Waals surface area (Å²) in [6, 6.07) is 0. The molecule has 0 radical (unpaired) electrons. The van der Waals surface area contributed by atoms with Crippen molar-refractivity contribution in [3.05, 3.63) is 11.6 Å². The van der Waals surface area contributed by atoms with E-state index in [0.717, 1.165) is 19.3 Å². The molecule has 0 N–H and O–H groups in total. The van der Waals surface area contributed by atoms with Crippen LogP contribution in [0.1, 0.15) is 40.0 Å².